The van der Waals surface area contributed by atoms with E-state index in [0.717, 1.165) is 63.3 Å². The maximum atomic E-state index is 14.6. The lowest BCUT2D eigenvalue weighted by molar-refractivity contribution is -0.0485. The number of H-pyrrole nitrogens is 1. The van der Waals surface area contributed by atoms with Crippen molar-refractivity contribution in [3.05, 3.63) is 35.2 Å². The van der Waals surface area contributed by atoms with Crippen LogP contribution in [-0.4, -0.2) is 35.7 Å². The number of nitrogens with zero attached hydrogens (tertiary/aromatic N) is 1. The zero-order chi connectivity index (χ0) is 32.1. The van der Waals surface area contributed by atoms with E-state index in [1.165, 1.54) is 10.8 Å². The van der Waals surface area contributed by atoms with Crippen LogP contribution >= 0.6 is 0 Å². The molecule has 2 heterocycles. The van der Waals surface area contributed by atoms with Crippen LogP contribution in [0.4, 0.5) is 17.6 Å². The molecule has 3 aliphatic carbocycles. The van der Waals surface area contributed by atoms with Gasteiger partial charge in [0.15, 0.2) is 9.84 Å². The fourth-order valence-electron chi connectivity index (χ4n) is 8.49. The lowest BCUT2D eigenvalue weighted by Gasteiger charge is -2.35. The molecule has 0 amide bonds. The van der Waals surface area contributed by atoms with E-state index in [1.54, 1.807) is 0 Å². The van der Waals surface area contributed by atoms with E-state index < -0.39 is 32.2 Å². The molecular formula is C36H54F4N2O2S. The second-order valence-corrected chi connectivity index (χ2v) is 17.3. The number of nitrogens with one attached hydrogen (secondary N) is 1. The van der Waals surface area contributed by atoms with Gasteiger partial charge in [-0.2, -0.15) is 0 Å². The third-order valence-electron chi connectivity index (χ3n) is 11.8. The summed E-state index contributed by atoms with van der Waals surface area (Å²) in [6, 6.07) is 2.09. The minimum Gasteiger partial charge on any atom is -0.346 e. The number of unbranched alkanes of at least 4 members (excludes halogenated alkanes) is 3. The van der Waals surface area contributed by atoms with Crippen molar-refractivity contribution in [2.24, 2.45) is 22.2 Å². The number of aromatic nitrogens is 1. The van der Waals surface area contributed by atoms with Gasteiger partial charge in [0.05, 0.1) is 10.5 Å². The lowest BCUT2D eigenvalue weighted by Crippen LogP contribution is -2.40. The number of allylic oxidation sites excluding steroid dienone is 1. The van der Waals surface area contributed by atoms with Gasteiger partial charge >= 0.3 is 0 Å². The van der Waals surface area contributed by atoms with Gasteiger partial charge in [-0.15, -0.1) is 0 Å². The molecule has 3 saturated carbocycles. The summed E-state index contributed by atoms with van der Waals surface area (Å²) in [5, 5.41) is 0.233. The minimum absolute atomic E-state index is 0.0119. The molecule has 4 aliphatic rings. The van der Waals surface area contributed by atoms with Crippen LogP contribution in [0.1, 0.15) is 142 Å². The Labute approximate surface area is 267 Å². The minimum atomic E-state index is -3.52. The second-order valence-electron chi connectivity index (χ2n) is 14.8. The van der Waals surface area contributed by atoms with Crippen LogP contribution in [0.3, 0.4) is 0 Å². The molecular weight excluding hydrogens is 600 g/mol. The fourth-order valence-corrected chi connectivity index (χ4v) is 11.6. The van der Waals surface area contributed by atoms with Crippen molar-refractivity contribution in [1.82, 2.24) is 4.98 Å². The highest BCUT2D eigenvalue weighted by molar-refractivity contribution is 7.92. The Morgan fingerprint density at radius 1 is 0.889 bits per heavy atom. The van der Waals surface area contributed by atoms with Crippen LogP contribution in [0.15, 0.2) is 29.5 Å². The summed E-state index contributed by atoms with van der Waals surface area (Å²) in [7, 11) is -3.52. The van der Waals surface area contributed by atoms with Crippen molar-refractivity contribution in [3.8, 4) is 0 Å². The summed E-state index contributed by atoms with van der Waals surface area (Å²) in [4.78, 5) is 7.66. The van der Waals surface area contributed by atoms with Crippen molar-refractivity contribution < 1.29 is 26.0 Å². The number of hydrogen-bond acceptors (Lipinski definition) is 3. The third kappa shape index (κ3) is 9.04. The Hall–Kier alpha value is -1.64. The van der Waals surface area contributed by atoms with Crippen molar-refractivity contribution in [3.63, 3.8) is 0 Å². The second kappa shape index (κ2) is 14.6. The van der Waals surface area contributed by atoms with E-state index in [1.807, 2.05) is 12.4 Å². The van der Waals surface area contributed by atoms with Crippen molar-refractivity contribution in [1.29, 1.82) is 0 Å². The first-order chi connectivity index (χ1) is 21.4. The molecule has 45 heavy (non-hydrogen) atoms. The maximum absolute atomic E-state index is 14.6. The molecule has 2 atom stereocenters. The molecule has 4 nitrogen and oxygen atoms in total. The smallest absolute Gasteiger partial charge is 0.248 e. The molecule has 1 N–H and O–H groups in total. The molecule has 0 spiro atoms. The Bertz CT molecular complexity index is 1360. The Balaban J connectivity index is 1.21. The van der Waals surface area contributed by atoms with Crippen molar-refractivity contribution in [2.45, 2.75) is 164 Å². The average Bonchev–Trinajstić information content (AvgIpc) is 3.70. The van der Waals surface area contributed by atoms with E-state index in [0.29, 0.717) is 51.4 Å². The van der Waals surface area contributed by atoms with Crippen LogP contribution < -0.4 is 10.7 Å². The van der Waals surface area contributed by atoms with E-state index in [2.05, 4.69) is 29.0 Å². The number of halogens is 4. The first-order valence-electron chi connectivity index (χ1n) is 17.8. The van der Waals surface area contributed by atoms with Crippen LogP contribution in [-0.2, 0) is 9.84 Å². The highest BCUT2D eigenvalue weighted by atomic mass is 32.2. The van der Waals surface area contributed by atoms with Gasteiger partial charge in [-0.1, -0.05) is 37.8 Å². The number of alkyl halides is 4. The molecule has 2 unspecified atom stereocenters. The van der Waals surface area contributed by atoms with Gasteiger partial charge in [0.1, 0.15) is 5.49 Å². The number of rotatable bonds is 16. The molecule has 0 aromatic carbocycles. The summed E-state index contributed by atoms with van der Waals surface area (Å²) in [6.07, 6.45) is 17.7. The summed E-state index contributed by atoms with van der Waals surface area (Å²) in [6.45, 7) is 2.11. The average molecular weight is 655 g/mol. The van der Waals surface area contributed by atoms with Gasteiger partial charge in [0.25, 0.3) is 0 Å². The Kier molecular flexibility index (Phi) is 11.3. The molecule has 1 aliphatic heterocycles. The molecule has 0 bridgehead atoms. The van der Waals surface area contributed by atoms with E-state index in [4.69, 9.17) is 0 Å². The van der Waals surface area contributed by atoms with E-state index >= 15 is 0 Å². The van der Waals surface area contributed by atoms with E-state index in [9.17, 15) is 26.0 Å². The zero-order valence-corrected chi connectivity index (χ0v) is 28.0. The highest BCUT2D eigenvalue weighted by Crippen LogP contribution is 2.56. The predicted octanol–water partition coefficient (Wildman–Crippen LogP) is 9.21. The fraction of sp³-hybridized carbons (Fsp3) is 0.806. The molecule has 5 rings (SSSR count). The molecule has 9 heteroatoms. The maximum Gasteiger partial charge on any atom is 0.248 e. The van der Waals surface area contributed by atoms with Gasteiger partial charge in [-0.25, -0.2) is 31.0 Å². The van der Waals surface area contributed by atoms with Crippen LogP contribution in [0.5, 0.6) is 0 Å². The van der Waals surface area contributed by atoms with Crippen LogP contribution in [0.25, 0.3) is 5.57 Å². The zero-order valence-electron chi connectivity index (χ0n) is 27.2. The lowest BCUT2D eigenvalue weighted by atomic mass is 9.81. The molecule has 0 saturated heterocycles. The van der Waals surface area contributed by atoms with Crippen molar-refractivity contribution in [2.75, 3.05) is 0 Å². The van der Waals surface area contributed by atoms with Gasteiger partial charge in [0.2, 0.25) is 11.8 Å². The Morgan fingerprint density at radius 2 is 1.53 bits per heavy atom. The van der Waals surface area contributed by atoms with Crippen LogP contribution in [0.2, 0.25) is 0 Å². The number of sulfone groups is 1. The van der Waals surface area contributed by atoms with Crippen molar-refractivity contribution >= 4 is 15.4 Å². The topological polar surface area (TPSA) is 62.3 Å². The SMILES string of the molecule is CCC1(C(CCCCCCC2=c3cc[nH]c3=NC=CC2)S(=O)(=O)C(CCC2CCC(F)(F)CC2)CC2CCC(F)(F)CC2)CC1. The molecule has 0 radical (unpaired) electrons. The number of hydrogen-bond donors (Lipinski definition) is 1. The quantitative estimate of drug-likeness (QED) is 0.143. The first-order valence-corrected chi connectivity index (χ1v) is 19.4. The molecule has 254 valence electrons. The predicted molar refractivity (Wildman–Crippen MR) is 173 cm³/mol. The summed E-state index contributed by atoms with van der Waals surface area (Å²) >= 11 is 0. The highest BCUT2D eigenvalue weighted by Gasteiger charge is 2.54. The third-order valence-corrected chi connectivity index (χ3v) is 14.7. The van der Waals surface area contributed by atoms with Gasteiger partial charge in [0, 0.05) is 43.3 Å². The van der Waals surface area contributed by atoms with Gasteiger partial charge in [-0.3, -0.25) is 0 Å². The number of aromatic amines is 1. The molecule has 1 aromatic heterocycles. The van der Waals surface area contributed by atoms with Gasteiger partial charge < -0.3 is 4.98 Å². The largest absolute Gasteiger partial charge is 0.346 e. The van der Waals surface area contributed by atoms with Crippen LogP contribution in [0, 0.1) is 17.3 Å². The summed E-state index contributed by atoms with van der Waals surface area (Å²) in [5.74, 6) is -5.14. The Morgan fingerprint density at radius 3 is 2.18 bits per heavy atom. The summed E-state index contributed by atoms with van der Waals surface area (Å²) in [5.41, 5.74) is 2.14. The standard InChI is InChI=1S/C36H54F4N2O2S/c1-2-34(22-23-34)32(10-6-4-3-5-8-29-9-7-24-41-33-31(29)17-25-42-33)45(43,44)30(26-28-15-20-36(39,40)21-16-28)12-11-27-13-18-35(37,38)19-14-27/h7,17,24-25,27-28,30,32H,2-6,8-16,18-23,26H2,1H3,(H,41,42). The number of fused-ring (bicyclic) bond motifs is 1. The molecule has 3 fully saturated rings. The monoisotopic (exact) mass is 654 g/mol. The summed E-state index contributed by atoms with van der Waals surface area (Å²) < 4.78 is 84.8. The van der Waals surface area contributed by atoms with E-state index in [-0.39, 0.29) is 42.9 Å². The molecule has 1 aromatic rings. The normalized spacial score (nSPS) is 24.4. The first kappa shape index (κ1) is 34.7. The van der Waals surface area contributed by atoms with Gasteiger partial charge in [-0.05, 0) is 113 Å².